The topological polar surface area (TPSA) is 115 Å². The van der Waals surface area contributed by atoms with E-state index in [0.717, 1.165) is 11.3 Å². The summed E-state index contributed by atoms with van der Waals surface area (Å²) in [6.07, 6.45) is 1.53. The molecule has 0 aliphatic carbocycles. The lowest BCUT2D eigenvalue weighted by Gasteiger charge is -2.15. The van der Waals surface area contributed by atoms with Gasteiger partial charge in [0, 0.05) is 13.1 Å². The molecule has 2 amide bonds. The Kier molecular flexibility index (Phi) is 5.09. The maximum absolute atomic E-state index is 11.5. The summed E-state index contributed by atoms with van der Waals surface area (Å²) in [5.74, 6) is -1.37. The Hall–Kier alpha value is -2.12. The van der Waals surface area contributed by atoms with E-state index in [1.807, 2.05) is 6.92 Å². The van der Waals surface area contributed by atoms with Gasteiger partial charge in [0.25, 0.3) is 0 Å². The van der Waals surface area contributed by atoms with Crippen molar-refractivity contribution in [2.24, 2.45) is 5.16 Å². The molecule has 8 nitrogen and oxygen atoms in total. The molecule has 0 spiro atoms. The van der Waals surface area contributed by atoms with E-state index in [9.17, 15) is 9.59 Å². The molecule has 1 aliphatic rings. The second-order valence-electron chi connectivity index (χ2n) is 3.67. The molecule has 0 aromatic rings. The molecule has 1 rings (SSSR count). The number of unbranched alkanes of at least 4 members (excludes halogenated alkanes) is 1. The third kappa shape index (κ3) is 3.19. The third-order valence-corrected chi connectivity index (χ3v) is 2.38. The highest BCUT2D eigenvalue weighted by Gasteiger charge is 2.31. The van der Waals surface area contributed by atoms with Crippen LogP contribution in [0.5, 0.6) is 0 Å². The van der Waals surface area contributed by atoms with Crippen LogP contribution in [-0.4, -0.2) is 53.4 Å². The van der Waals surface area contributed by atoms with E-state index >= 15 is 0 Å². The molecule has 0 aromatic heterocycles. The lowest BCUT2D eigenvalue weighted by molar-refractivity contribution is -0.135. The number of oxime groups is 1. The van der Waals surface area contributed by atoms with Gasteiger partial charge in [-0.05, 0) is 6.42 Å². The van der Waals surface area contributed by atoms with Crippen molar-refractivity contribution >= 4 is 23.5 Å². The average Bonchev–Trinajstić information content (AvgIpc) is 2.76. The zero-order valence-electron chi connectivity index (χ0n) is 10.1. The van der Waals surface area contributed by atoms with Gasteiger partial charge in [-0.15, -0.1) is 0 Å². The molecule has 8 heteroatoms. The highest BCUT2D eigenvalue weighted by atomic mass is 16.5. The molecular formula is C10H16N4O4. The molecule has 3 N–H and O–H groups in total. The van der Waals surface area contributed by atoms with Gasteiger partial charge in [-0.2, -0.15) is 0 Å². The Labute approximate surface area is 104 Å². The number of ether oxygens (including phenoxy) is 1. The Morgan fingerprint density at radius 2 is 2.39 bits per heavy atom. The number of urea groups is 1. The maximum Gasteiger partial charge on any atom is 0.364 e. The fraction of sp³-hybridized carbons (Fsp3) is 0.600. The number of hydrogen-bond donors (Lipinski definition) is 3. The molecule has 0 atom stereocenters. The molecule has 1 fully saturated rings. The molecule has 0 unspecified atom stereocenters. The number of amides is 2. The predicted octanol–water partition coefficient (Wildman–Crippen LogP) is 0.162. The Balaban J connectivity index is 2.63. The lowest BCUT2D eigenvalue weighted by Crippen LogP contribution is -2.42. The van der Waals surface area contributed by atoms with Crippen LogP contribution >= 0.6 is 0 Å². The van der Waals surface area contributed by atoms with Gasteiger partial charge in [0.05, 0.1) is 6.61 Å². The van der Waals surface area contributed by atoms with Crippen LogP contribution in [0.4, 0.5) is 4.79 Å². The summed E-state index contributed by atoms with van der Waals surface area (Å²) in [7, 11) is 0. The molecule has 1 heterocycles. The van der Waals surface area contributed by atoms with Gasteiger partial charge in [-0.25, -0.2) is 9.59 Å². The first kappa shape index (κ1) is 13.9. The number of nitrogens with zero attached hydrogens (tertiary/aromatic N) is 2. The van der Waals surface area contributed by atoms with E-state index in [1.165, 1.54) is 0 Å². The van der Waals surface area contributed by atoms with Crippen molar-refractivity contribution in [3.63, 3.8) is 0 Å². The van der Waals surface area contributed by atoms with Crippen molar-refractivity contribution in [3.05, 3.63) is 0 Å². The first-order chi connectivity index (χ1) is 8.61. The molecular weight excluding hydrogens is 240 g/mol. The van der Waals surface area contributed by atoms with Gasteiger partial charge in [0.15, 0.2) is 5.84 Å². The number of carbonyl (C=O) groups is 2. The maximum atomic E-state index is 11.5. The largest absolute Gasteiger partial charge is 0.461 e. The molecule has 18 heavy (non-hydrogen) atoms. The first-order valence-electron chi connectivity index (χ1n) is 5.65. The molecule has 0 bridgehead atoms. The van der Waals surface area contributed by atoms with Crippen LogP contribution in [0.15, 0.2) is 5.16 Å². The monoisotopic (exact) mass is 256 g/mol. The summed E-state index contributed by atoms with van der Waals surface area (Å²) in [6.45, 7) is 2.75. The smallest absolute Gasteiger partial charge is 0.364 e. The SMILES string of the molecule is CCCCOC(=O)/C(=N/O)C(=N)N1CCNC1=O. The van der Waals surface area contributed by atoms with Gasteiger partial charge in [-0.3, -0.25) is 10.3 Å². The van der Waals surface area contributed by atoms with Gasteiger partial charge >= 0.3 is 12.0 Å². The van der Waals surface area contributed by atoms with Crippen LogP contribution in [0, 0.1) is 5.41 Å². The lowest BCUT2D eigenvalue weighted by atomic mass is 10.3. The van der Waals surface area contributed by atoms with Crippen molar-refractivity contribution in [1.82, 2.24) is 10.2 Å². The number of carbonyl (C=O) groups excluding carboxylic acids is 2. The van der Waals surface area contributed by atoms with Gasteiger partial charge in [-0.1, -0.05) is 18.5 Å². The molecule has 0 aromatic carbocycles. The van der Waals surface area contributed by atoms with Crippen LogP contribution in [0.1, 0.15) is 19.8 Å². The number of nitrogens with one attached hydrogen (secondary N) is 2. The van der Waals surface area contributed by atoms with E-state index in [0.29, 0.717) is 13.0 Å². The van der Waals surface area contributed by atoms with Crippen molar-refractivity contribution in [1.29, 1.82) is 5.41 Å². The first-order valence-corrected chi connectivity index (χ1v) is 5.65. The van der Waals surface area contributed by atoms with E-state index in [4.69, 9.17) is 15.4 Å². The standard InChI is InChI=1S/C10H16N4O4/c1-2-3-6-18-9(15)7(13-17)8(11)14-5-4-12-10(14)16/h11,17H,2-6H2,1H3,(H,12,16)/b11-8?,13-7+. The van der Waals surface area contributed by atoms with E-state index in [-0.39, 0.29) is 13.2 Å². The van der Waals surface area contributed by atoms with Crippen LogP contribution in [0.2, 0.25) is 0 Å². The summed E-state index contributed by atoms with van der Waals surface area (Å²) >= 11 is 0. The predicted molar refractivity (Wildman–Crippen MR) is 62.9 cm³/mol. The van der Waals surface area contributed by atoms with E-state index in [1.54, 1.807) is 0 Å². The van der Waals surface area contributed by atoms with Crippen LogP contribution < -0.4 is 5.32 Å². The van der Waals surface area contributed by atoms with Crippen LogP contribution in [-0.2, 0) is 9.53 Å². The number of amidine groups is 1. The van der Waals surface area contributed by atoms with E-state index < -0.39 is 23.5 Å². The minimum absolute atomic E-state index is 0.188. The normalized spacial score (nSPS) is 15.5. The van der Waals surface area contributed by atoms with E-state index in [2.05, 4.69) is 10.5 Å². The Morgan fingerprint density at radius 1 is 1.67 bits per heavy atom. The van der Waals surface area contributed by atoms with Crippen molar-refractivity contribution in [2.75, 3.05) is 19.7 Å². The minimum atomic E-state index is -0.907. The highest BCUT2D eigenvalue weighted by molar-refractivity contribution is 6.65. The molecule has 0 saturated carbocycles. The Morgan fingerprint density at radius 3 is 2.89 bits per heavy atom. The van der Waals surface area contributed by atoms with Crippen LogP contribution in [0.3, 0.4) is 0 Å². The third-order valence-electron chi connectivity index (χ3n) is 2.38. The summed E-state index contributed by atoms with van der Waals surface area (Å²) in [4.78, 5) is 23.9. The minimum Gasteiger partial charge on any atom is -0.461 e. The fourth-order valence-electron chi connectivity index (χ4n) is 1.38. The van der Waals surface area contributed by atoms with Crippen LogP contribution in [0.25, 0.3) is 0 Å². The average molecular weight is 256 g/mol. The molecule has 1 saturated heterocycles. The van der Waals surface area contributed by atoms with Gasteiger partial charge in [0.2, 0.25) is 5.71 Å². The number of esters is 1. The summed E-state index contributed by atoms with van der Waals surface area (Å²) < 4.78 is 4.82. The summed E-state index contributed by atoms with van der Waals surface area (Å²) in [5.41, 5.74) is -0.567. The van der Waals surface area contributed by atoms with Crippen molar-refractivity contribution < 1.29 is 19.5 Å². The van der Waals surface area contributed by atoms with Gasteiger partial charge in [0.1, 0.15) is 0 Å². The quantitative estimate of drug-likeness (QED) is 0.162. The second kappa shape index (κ2) is 6.58. The highest BCUT2D eigenvalue weighted by Crippen LogP contribution is 2.01. The fourth-order valence-corrected chi connectivity index (χ4v) is 1.38. The Bertz CT molecular complexity index is 380. The molecule has 1 aliphatic heterocycles. The molecule has 100 valence electrons. The zero-order valence-corrected chi connectivity index (χ0v) is 10.1. The van der Waals surface area contributed by atoms with Crippen molar-refractivity contribution in [2.45, 2.75) is 19.8 Å². The van der Waals surface area contributed by atoms with Gasteiger partial charge < -0.3 is 15.3 Å². The molecule has 0 radical (unpaired) electrons. The number of hydrogen-bond acceptors (Lipinski definition) is 6. The number of rotatable bonds is 5. The summed E-state index contributed by atoms with van der Waals surface area (Å²) in [6, 6.07) is -0.498. The summed E-state index contributed by atoms with van der Waals surface area (Å²) in [5, 5.41) is 21.6. The van der Waals surface area contributed by atoms with Crippen molar-refractivity contribution in [3.8, 4) is 0 Å². The second-order valence-corrected chi connectivity index (χ2v) is 3.67. The zero-order chi connectivity index (χ0) is 13.5.